The summed E-state index contributed by atoms with van der Waals surface area (Å²) in [6, 6.07) is 29.4. The van der Waals surface area contributed by atoms with Crippen molar-refractivity contribution in [1.29, 1.82) is 0 Å². The van der Waals surface area contributed by atoms with Crippen LogP contribution in [0.4, 0.5) is 0 Å². The molecule has 0 aliphatic carbocycles. The van der Waals surface area contributed by atoms with Crippen LogP contribution in [-0.2, 0) is 0 Å². The van der Waals surface area contributed by atoms with Gasteiger partial charge in [-0.3, -0.25) is 0 Å². The minimum atomic E-state index is -0.615. The Labute approximate surface area is 301 Å². The van der Waals surface area contributed by atoms with Gasteiger partial charge in [0.1, 0.15) is 11.2 Å². The number of fused-ring (bicyclic) bond motifs is 6. The molecule has 234 valence electrons. The lowest BCUT2D eigenvalue weighted by molar-refractivity contribution is 0.669. The van der Waals surface area contributed by atoms with Gasteiger partial charge >= 0.3 is 0 Å². The van der Waals surface area contributed by atoms with Crippen LogP contribution in [0.3, 0.4) is 0 Å². The first-order valence-electron chi connectivity index (χ1n) is 20.9. The molecule has 0 saturated carbocycles. The summed E-state index contributed by atoms with van der Waals surface area (Å²) in [6.07, 6.45) is 0. The van der Waals surface area contributed by atoms with Crippen molar-refractivity contribution >= 4 is 43.7 Å². The van der Waals surface area contributed by atoms with Crippen molar-refractivity contribution in [3.05, 3.63) is 170 Å². The molecule has 0 spiro atoms. The van der Waals surface area contributed by atoms with E-state index in [1.165, 1.54) is 0 Å². The third kappa shape index (κ3) is 4.52. The van der Waals surface area contributed by atoms with E-state index < -0.39 is 60.4 Å². The summed E-state index contributed by atoms with van der Waals surface area (Å²) < 4.78 is 93.8. The zero-order valence-electron chi connectivity index (χ0n) is 36.1. The van der Waals surface area contributed by atoms with Gasteiger partial charge in [-0.05, 0) is 47.5 Å². The van der Waals surface area contributed by atoms with E-state index in [1.807, 2.05) is 84.9 Å². The molecule has 0 amide bonds. The second kappa shape index (κ2) is 11.4. The number of aromatic nitrogens is 4. The fourth-order valence-corrected chi connectivity index (χ4v) is 6.70. The Morgan fingerprint density at radius 1 is 0.480 bits per heavy atom. The van der Waals surface area contributed by atoms with E-state index >= 15 is 0 Å². The number of para-hydroxylation sites is 2. The monoisotopic (exact) mass is 650 g/mol. The van der Waals surface area contributed by atoms with E-state index in [0.29, 0.717) is 22.2 Å². The summed E-state index contributed by atoms with van der Waals surface area (Å²) in [5.41, 5.74) is 5.43. The molecule has 0 aliphatic heterocycles. The van der Waals surface area contributed by atoms with Crippen LogP contribution in [-0.4, -0.2) is 19.5 Å². The smallest absolute Gasteiger partial charge is 0.166 e. The molecule has 5 heteroatoms. The molecule has 0 radical (unpaired) electrons. The number of nitrogens with zero attached hydrogens (tertiary/aromatic N) is 4. The maximum absolute atomic E-state index is 8.81. The topological polar surface area (TPSA) is 56.7 Å². The highest BCUT2D eigenvalue weighted by atomic mass is 16.3. The summed E-state index contributed by atoms with van der Waals surface area (Å²) in [6.45, 7) is 0. The maximum Gasteiger partial charge on any atom is 0.166 e. The molecule has 0 unspecified atom stereocenters. The van der Waals surface area contributed by atoms with Crippen molar-refractivity contribution in [2.24, 2.45) is 0 Å². The summed E-state index contributed by atoms with van der Waals surface area (Å²) in [7, 11) is 0. The fraction of sp³-hybridized carbons (Fsp3) is 0. The van der Waals surface area contributed by atoms with E-state index in [2.05, 4.69) is 27.8 Å². The Balaban J connectivity index is 1.33. The molecule has 0 aliphatic rings. The van der Waals surface area contributed by atoms with Gasteiger partial charge in [0.25, 0.3) is 0 Å². The summed E-state index contributed by atoms with van der Waals surface area (Å²) in [4.78, 5) is 14.1. The van der Waals surface area contributed by atoms with Crippen molar-refractivity contribution < 1.29 is 18.1 Å². The predicted octanol–water partition coefficient (Wildman–Crippen LogP) is 11.5. The molecule has 0 N–H and O–H groups in total. The lowest BCUT2D eigenvalue weighted by atomic mass is 10.0. The molecular weight excluding hydrogens is 613 g/mol. The molecule has 3 aromatic heterocycles. The second-order valence-electron chi connectivity index (χ2n) is 11.7. The van der Waals surface area contributed by atoms with Crippen molar-refractivity contribution in [2.45, 2.75) is 0 Å². The summed E-state index contributed by atoms with van der Waals surface area (Å²) in [5, 5.41) is 3.44. The van der Waals surface area contributed by atoms with Gasteiger partial charge in [-0.2, -0.15) is 0 Å². The number of furan rings is 1. The van der Waals surface area contributed by atoms with Gasteiger partial charge in [0, 0.05) is 32.8 Å². The van der Waals surface area contributed by atoms with E-state index in [0.717, 1.165) is 43.9 Å². The molecule has 0 atom stereocenters. The van der Waals surface area contributed by atoms with Gasteiger partial charge < -0.3 is 8.98 Å². The highest BCUT2D eigenvalue weighted by Gasteiger charge is 2.22. The Bertz CT molecular complexity index is 3310. The third-order valence-corrected chi connectivity index (χ3v) is 8.84. The van der Waals surface area contributed by atoms with Crippen molar-refractivity contribution in [3.8, 4) is 51.0 Å². The predicted molar refractivity (Wildman–Crippen MR) is 203 cm³/mol. The Kier molecular flexibility index (Phi) is 4.52. The normalized spacial score (nSPS) is 14.4. The first-order chi connectivity index (χ1) is 28.9. The average Bonchev–Trinajstić information content (AvgIpc) is 3.82. The standard InChI is InChI=1S/C45H28N4O/c1-4-14-29(15-5-1)32-26-27-39-36(28-32)41-38(24-13-25-40(41)50-39)49-37-23-11-10-20-33(37)34-21-12-22-35(42(34)49)45-47-43(30-16-6-2-7-17-30)46-44(48-45)31-18-8-3-9-19-31/h1-28H/i2D,3D,6D,7D,8D,9D,16D,17D,18D,19D. The average molecular weight is 651 g/mol. The first kappa shape index (κ1) is 19.8. The van der Waals surface area contributed by atoms with E-state index in [4.69, 9.17) is 28.1 Å². The largest absolute Gasteiger partial charge is 0.456 e. The Morgan fingerprint density at radius 3 is 1.90 bits per heavy atom. The van der Waals surface area contributed by atoms with Crippen LogP contribution >= 0.6 is 0 Å². The summed E-state index contributed by atoms with van der Waals surface area (Å²) in [5.74, 6) is -0.705. The zero-order valence-corrected chi connectivity index (χ0v) is 26.1. The van der Waals surface area contributed by atoms with Crippen molar-refractivity contribution in [3.63, 3.8) is 0 Å². The van der Waals surface area contributed by atoms with Gasteiger partial charge in [-0.15, -0.1) is 0 Å². The fourth-order valence-electron chi connectivity index (χ4n) is 6.70. The lowest BCUT2D eigenvalue weighted by Gasteiger charge is -2.13. The van der Waals surface area contributed by atoms with Gasteiger partial charge in [-0.1, -0.05) is 133 Å². The van der Waals surface area contributed by atoms with Crippen LogP contribution in [0, 0.1) is 0 Å². The SMILES string of the molecule is [2H]c1c([2H])c([2H])c(-c2nc(-c3c([2H])c([2H])c([2H])c([2H])c3[2H])nc(-c3cccc4c5ccccc5n(-c5cccc6oc7ccc(-c8ccccc8)cc7c56)c34)n2)c([2H])c1[2H]. The quantitative estimate of drug-likeness (QED) is 0.186. The lowest BCUT2D eigenvalue weighted by Crippen LogP contribution is -2.02. The van der Waals surface area contributed by atoms with E-state index in [-0.39, 0.29) is 28.6 Å². The second-order valence-corrected chi connectivity index (χ2v) is 11.7. The number of rotatable bonds is 5. The molecule has 0 bridgehead atoms. The molecular formula is C45H28N4O. The van der Waals surface area contributed by atoms with Crippen LogP contribution in [0.25, 0.3) is 94.7 Å². The molecule has 10 aromatic rings. The van der Waals surface area contributed by atoms with E-state index in [1.54, 1.807) is 6.07 Å². The van der Waals surface area contributed by atoms with Gasteiger partial charge in [0.2, 0.25) is 0 Å². The number of benzene rings is 7. The Morgan fingerprint density at radius 2 is 1.14 bits per heavy atom. The van der Waals surface area contributed by atoms with Crippen LogP contribution in [0.5, 0.6) is 0 Å². The third-order valence-electron chi connectivity index (χ3n) is 8.84. The van der Waals surface area contributed by atoms with E-state index in [9.17, 15) is 0 Å². The van der Waals surface area contributed by atoms with Crippen LogP contribution < -0.4 is 0 Å². The first-order valence-corrected chi connectivity index (χ1v) is 15.9. The van der Waals surface area contributed by atoms with Crippen LogP contribution in [0.1, 0.15) is 13.7 Å². The van der Waals surface area contributed by atoms with Gasteiger partial charge in [0.15, 0.2) is 17.5 Å². The van der Waals surface area contributed by atoms with Crippen molar-refractivity contribution in [2.75, 3.05) is 0 Å². The van der Waals surface area contributed by atoms with Gasteiger partial charge in [-0.25, -0.2) is 15.0 Å². The molecule has 3 heterocycles. The highest BCUT2D eigenvalue weighted by Crippen LogP contribution is 2.42. The van der Waals surface area contributed by atoms with Crippen LogP contribution in [0.2, 0.25) is 0 Å². The number of hydrogen-bond donors (Lipinski definition) is 0. The zero-order chi connectivity index (χ0) is 41.7. The molecule has 0 fully saturated rings. The Hall–Kier alpha value is -6.85. The molecule has 10 rings (SSSR count). The minimum absolute atomic E-state index is 0.0288. The molecule has 0 saturated heterocycles. The van der Waals surface area contributed by atoms with Gasteiger partial charge in [0.05, 0.1) is 35.8 Å². The minimum Gasteiger partial charge on any atom is -0.456 e. The maximum atomic E-state index is 8.81. The highest BCUT2D eigenvalue weighted by molar-refractivity contribution is 6.17. The number of hydrogen-bond acceptors (Lipinski definition) is 4. The van der Waals surface area contributed by atoms with Crippen LogP contribution in [0.15, 0.2) is 174 Å². The van der Waals surface area contributed by atoms with Crippen molar-refractivity contribution in [1.82, 2.24) is 19.5 Å². The molecule has 7 aromatic carbocycles. The summed E-state index contributed by atoms with van der Waals surface area (Å²) >= 11 is 0. The molecule has 50 heavy (non-hydrogen) atoms. The molecule has 5 nitrogen and oxygen atoms in total.